The van der Waals surface area contributed by atoms with Crippen molar-refractivity contribution < 1.29 is 4.39 Å². The van der Waals surface area contributed by atoms with Gasteiger partial charge in [-0.1, -0.05) is 45.2 Å². The lowest BCUT2D eigenvalue weighted by Gasteiger charge is -2.10. The molecule has 0 aliphatic rings. The molecule has 1 atom stereocenters. The molecule has 0 aliphatic carbocycles. The van der Waals surface area contributed by atoms with Gasteiger partial charge < -0.3 is 0 Å². The number of halogens is 3. The second kappa shape index (κ2) is 5.09. The molecule has 1 heterocycles. The smallest absolute Gasteiger partial charge is 0.127 e. The van der Waals surface area contributed by atoms with Crippen LogP contribution in [0.1, 0.15) is 26.4 Å². The number of alkyl halides is 1. The molecular formula is C13H11BrClFS. The van der Waals surface area contributed by atoms with Crippen molar-refractivity contribution in [2.45, 2.75) is 18.7 Å². The first-order valence-corrected chi connectivity index (χ1v) is 7.26. The minimum atomic E-state index is -0.195. The third-order valence-electron chi connectivity index (χ3n) is 2.55. The van der Waals surface area contributed by atoms with Crippen LogP contribution in [-0.4, -0.2) is 0 Å². The number of rotatable bonds is 2. The van der Waals surface area contributed by atoms with Gasteiger partial charge in [-0.25, -0.2) is 4.39 Å². The highest BCUT2D eigenvalue weighted by atomic mass is 79.9. The van der Waals surface area contributed by atoms with Crippen LogP contribution in [0.15, 0.2) is 24.3 Å². The predicted molar refractivity (Wildman–Crippen MR) is 76.0 cm³/mol. The van der Waals surface area contributed by atoms with Gasteiger partial charge in [0.15, 0.2) is 0 Å². The molecule has 0 N–H and O–H groups in total. The summed E-state index contributed by atoms with van der Waals surface area (Å²) in [5, 5.41) is 0. The van der Waals surface area contributed by atoms with Gasteiger partial charge in [-0.05, 0) is 31.5 Å². The Balaban J connectivity index is 2.42. The summed E-state index contributed by atoms with van der Waals surface area (Å²) in [6.45, 7) is 3.91. The molecule has 17 heavy (non-hydrogen) atoms. The van der Waals surface area contributed by atoms with Crippen molar-refractivity contribution in [1.29, 1.82) is 0 Å². The van der Waals surface area contributed by atoms with E-state index in [1.165, 1.54) is 17.4 Å². The second-order valence-electron chi connectivity index (χ2n) is 3.99. The average Bonchev–Trinajstić information content (AvgIpc) is 2.62. The molecule has 1 unspecified atom stereocenters. The lowest BCUT2D eigenvalue weighted by molar-refractivity contribution is 0.613. The van der Waals surface area contributed by atoms with E-state index in [2.05, 4.69) is 15.9 Å². The van der Waals surface area contributed by atoms with Crippen LogP contribution in [0.5, 0.6) is 0 Å². The topological polar surface area (TPSA) is 0 Å². The largest absolute Gasteiger partial charge is 0.207 e. The highest BCUT2D eigenvalue weighted by molar-refractivity contribution is 9.09. The van der Waals surface area contributed by atoms with Crippen molar-refractivity contribution in [3.63, 3.8) is 0 Å². The maximum atomic E-state index is 13.8. The monoisotopic (exact) mass is 332 g/mol. The van der Waals surface area contributed by atoms with Gasteiger partial charge in [0.2, 0.25) is 0 Å². The summed E-state index contributed by atoms with van der Waals surface area (Å²) in [4.78, 5) is 0.885. The predicted octanol–water partition coefficient (Wildman–Crippen LogP) is 5.64. The van der Waals surface area contributed by atoms with Gasteiger partial charge in [0.05, 0.1) is 9.16 Å². The van der Waals surface area contributed by atoms with Crippen molar-refractivity contribution in [3.05, 3.63) is 56.0 Å². The zero-order valence-corrected chi connectivity index (χ0v) is 12.6. The first-order chi connectivity index (χ1) is 7.99. The van der Waals surface area contributed by atoms with Crippen LogP contribution in [0, 0.1) is 19.7 Å². The Morgan fingerprint density at radius 2 is 2.00 bits per heavy atom. The molecule has 0 spiro atoms. The highest BCUT2D eigenvalue weighted by Gasteiger charge is 2.18. The Hall–Kier alpha value is -0.380. The lowest BCUT2D eigenvalue weighted by Crippen LogP contribution is -1.95. The molecule has 1 aromatic heterocycles. The average molecular weight is 334 g/mol. The van der Waals surface area contributed by atoms with Gasteiger partial charge in [-0.3, -0.25) is 0 Å². The van der Waals surface area contributed by atoms with Crippen molar-refractivity contribution in [3.8, 4) is 0 Å². The van der Waals surface area contributed by atoms with Gasteiger partial charge >= 0.3 is 0 Å². The molecule has 4 heteroatoms. The van der Waals surface area contributed by atoms with E-state index in [0.717, 1.165) is 20.3 Å². The van der Waals surface area contributed by atoms with Gasteiger partial charge in [0, 0.05) is 10.4 Å². The zero-order chi connectivity index (χ0) is 12.6. The first kappa shape index (κ1) is 13.1. The van der Waals surface area contributed by atoms with E-state index < -0.39 is 0 Å². The minimum absolute atomic E-state index is 0.140. The summed E-state index contributed by atoms with van der Waals surface area (Å²) in [7, 11) is 0. The van der Waals surface area contributed by atoms with Crippen LogP contribution in [-0.2, 0) is 0 Å². The Bertz CT molecular complexity index is 531. The molecule has 0 fully saturated rings. The third-order valence-corrected chi connectivity index (χ3v) is 5.46. The highest BCUT2D eigenvalue weighted by Crippen LogP contribution is 2.39. The Kier molecular flexibility index (Phi) is 3.91. The van der Waals surface area contributed by atoms with Crippen LogP contribution in [0.3, 0.4) is 0 Å². The van der Waals surface area contributed by atoms with Gasteiger partial charge in [0.25, 0.3) is 0 Å². The van der Waals surface area contributed by atoms with Gasteiger partial charge in [-0.2, -0.15) is 0 Å². The van der Waals surface area contributed by atoms with Crippen molar-refractivity contribution in [1.82, 2.24) is 0 Å². The molecule has 0 saturated carbocycles. The molecule has 2 rings (SSSR count). The molecule has 0 saturated heterocycles. The van der Waals surface area contributed by atoms with E-state index in [1.807, 2.05) is 26.0 Å². The van der Waals surface area contributed by atoms with Gasteiger partial charge in [0.1, 0.15) is 5.82 Å². The number of benzene rings is 1. The van der Waals surface area contributed by atoms with Crippen molar-refractivity contribution in [2.75, 3.05) is 0 Å². The van der Waals surface area contributed by atoms with Crippen molar-refractivity contribution in [2.24, 2.45) is 0 Å². The molecule has 0 aliphatic heterocycles. The van der Waals surface area contributed by atoms with E-state index in [0.29, 0.717) is 5.56 Å². The quantitative estimate of drug-likeness (QED) is 0.624. The van der Waals surface area contributed by atoms with E-state index in [-0.39, 0.29) is 10.6 Å². The van der Waals surface area contributed by atoms with Crippen LogP contribution >= 0.6 is 38.9 Å². The number of hydrogen-bond acceptors (Lipinski definition) is 1. The maximum Gasteiger partial charge on any atom is 0.127 e. The van der Waals surface area contributed by atoms with Crippen LogP contribution < -0.4 is 0 Å². The van der Waals surface area contributed by atoms with E-state index in [4.69, 9.17) is 11.6 Å². The zero-order valence-electron chi connectivity index (χ0n) is 9.43. The van der Waals surface area contributed by atoms with Crippen LogP contribution in [0.4, 0.5) is 4.39 Å². The number of aryl methyl sites for hydroxylation is 2. The third kappa shape index (κ3) is 2.72. The Morgan fingerprint density at radius 3 is 2.59 bits per heavy atom. The fourth-order valence-corrected chi connectivity index (χ4v) is 3.60. The molecule has 0 amide bonds. The fourth-order valence-electron chi connectivity index (χ4n) is 1.62. The molecule has 90 valence electrons. The van der Waals surface area contributed by atoms with Crippen molar-refractivity contribution >= 4 is 38.9 Å². The number of thiophene rings is 1. The van der Waals surface area contributed by atoms with E-state index in [9.17, 15) is 4.39 Å². The molecule has 0 bridgehead atoms. The summed E-state index contributed by atoms with van der Waals surface area (Å²) in [5.74, 6) is -0.195. The number of hydrogen-bond donors (Lipinski definition) is 0. The van der Waals surface area contributed by atoms with Crippen LogP contribution in [0.2, 0.25) is 4.34 Å². The van der Waals surface area contributed by atoms with Gasteiger partial charge in [-0.15, -0.1) is 11.3 Å². The normalized spacial score (nSPS) is 12.8. The molecule has 2 aromatic rings. The molecular weight excluding hydrogens is 323 g/mol. The molecule has 1 aromatic carbocycles. The standard InChI is InChI=1S/C13H11BrClFS/c1-7-3-4-10(16)9(5-7)12(14)11-6-8(2)13(15)17-11/h3-6,12H,1-2H3. The summed E-state index contributed by atoms with van der Waals surface area (Å²) in [6.07, 6.45) is 0. The summed E-state index contributed by atoms with van der Waals surface area (Å²) >= 11 is 11.1. The van der Waals surface area contributed by atoms with Crippen LogP contribution in [0.25, 0.3) is 0 Å². The SMILES string of the molecule is Cc1ccc(F)c(C(Br)c2cc(C)c(Cl)s2)c1. The minimum Gasteiger partial charge on any atom is -0.207 e. The summed E-state index contributed by atoms with van der Waals surface area (Å²) in [5.41, 5.74) is 2.73. The molecule has 0 radical (unpaired) electrons. The summed E-state index contributed by atoms with van der Waals surface area (Å²) in [6, 6.07) is 7.12. The summed E-state index contributed by atoms with van der Waals surface area (Å²) < 4.78 is 14.5. The Labute approximate surface area is 118 Å². The lowest BCUT2D eigenvalue weighted by atomic mass is 10.1. The Morgan fingerprint density at radius 1 is 1.29 bits per heavy atom. The second-order valence-corrected chi connectivity index (χ2v) is 6.59. The molecule has 0 nitrogen and oxygen atoms in total. The fraction of sp³-hybridized carbons (Fsp3) is 0.231. The van der Waals surface area contributed by atoms with E-state index in [1.54, 1.807) is 6.07 Å². The maximum absolute atomic E-state index is 13.8. The first-order valence-electron chi connectivity index (χ1n) is 5.15. The van der Waals surface area contributed by atoms with E-state index >= 15 is 0 Å².